The quantitative estimate of drug-likeness (QED) is 0.789. The lowest BCUT2D eigenvalue weighted by atomic mass is 9.82. The van der Waals surface area contributed by atoms with E-state index in [9.17, 15) is 0 Å². The molecule has 102 valence electrons. The highest BCUT2D eigenvalue weighted by atomic mass is 16.7. The molecule has 1 aliphatic rings. The average molecular weight is 269 g/mol. The van der Waals surface area contributed by atoms with E-state index in [1.165, 1.54) is 0 Å². The van der Waals surface area contributed by atoms with E-state index >= 15 is 0 Å². The first-order chi connectivity index (χ1) is 9.54. The van der Waals surface area contributed by atoms with Crippen molar-refractivity contribution in [1.29, 1.82) is 0 Å². The van der Waals surface area contributed by atoms with E-state index in [-0.39, 0.29) is 0 Å². The van der Waals surface area contributed by atoms with Crippen molar-refractivity contribution in [3.8, 4) is 0 Å². The fourth-order valence-electron chi connectivity index (χ4n) is 2.03. The van der Waals surface area contributed by atoms with Gasteiger partial charge in [-0.05, 0) is 31.5 Å². The van der Waals surface area contributed by atoms with Crippen LogP contribution in [-0.2, 0) is 15.9 Å². The Morgan fingerprint density at radius 2 is 2.10 bits per heavy atom. The van der Waals surface area contributed by atoms with Crippen LogP contribution in [0.3, 0.4) is 0 Å². The molecular formula is C14H16BN3O2. The Hall–Kier alpha value is -2.08. The summed E-state index contributed by atoms with van der Waals surface area (Å²) in [7, 11) is -0.427. The smallest absolute Gasteiger partial charge is 0.534 e. The lowest BCUT2D eigenvalue weighted by molar-refractivity contribution is 0.173. The van der Waals surface area contributed by atoms with Crippen LogP contribution in [0.5, 0.6) is 0 Å². The van der Waals surface area contributed by atoms with E-state index in [4.69, 9.17) is 9.31 Å². The minimum Gasteiger partial charge on any atom is -0.534 e. The summed E-state index contributed by atoms with van der Waals surface area (Å²) in [6, 6.07) is 3.93. The van der Waals surface area contributed by atoms with Gasteiger partial charge >= 0.3 is 7.12 Å². The SMILES string of the molecule is C=C1OB(c2cnn(Cc3ccncc3)c2)OC1(C)C. The molecule has 1 fully saturated rings. The molecule has 0 unspecified atom stereocenters. The van der Waals surface area contributed by atoms with Crippen molar-refractivity contribution in [2.45, 2.75) is 26.0 Å². The molecule has 2 aromatic heterocycles. The fraction of sp³-hybridized carbons (Fsp3) is 0.286. The van der Waals surface area contributed by atoms with Gasteiger partial charge in [0.2, 0.25) is 0 Å². The number of pyridine rings is 1. The first-order valence-electron chi connectivity index (χ1n) is 6.50. The van der Waals surface area contributed by atoms with Crippen molar-refractivity contribution in [3.63, 3.8) is 0 Å². The van der Waals surface area contributed by atoms with Crippen LogP contribution in [0.2, 0.25) is 0 Å². The van der Waals surface area contributed by atoms with Crippen molar-refractivity contribution in [2.24, 2.45) is 0 Å². The molecule has 1 aliphatic heterocycles. The second-order valence-electron chi connectivity index (χ2n) is 5.33. The van der Waals surface area contributed by atoms with Crippen LogP contribution < -0.4 is 5.46 Å². The molecule has 0 N–H and O–H groups in total. The van der Waals surface area contributed by atoms with Crippen LogP contribution in [0.1, 0.15) is 19.4 Å². The molecule has 20 heavy (non-hydrogen) atoms. The standard InChI is InChI=1S/C14H16BN3O2/c1-11-14(2,3)20-15(19-11)13-8-17-18(10-13)9-12-4-6-16-7-5-12/h4-8,10H,1,9H2,2-3H3. The minimum atomic E-state index is -0.460. The molecule has 0 bridgehead atoms. The molecular weight excluding hydrogens is 253 g/mol. The highest BCUT2D eigenvalue weighted by Gasteiger charge is 2.43. The van der Waals surface area contributed by atoms with Crippen LogP contribution in [-0.4, -0.2) is 27.5 Å². The maximum atomic E-state index is 5.83. The Balaban J connectivity index is 1.73. The van der Waals surface area contributed by atoms with Crippen molar-refractivity contribution in [2.75, 3.05) is 0 Å². The first-order valence-corrected chi connectivity index (χ1v) is 6.50. The van der Waals surface area contributed by atoms with E-state index in [0.717, 1.165) is 11.0 Å². The summed E-state index contributed by atoms with van der Waals surface area (Å²) in [5.74, 6) is 0.643. The summed E-state index contributed by atoms with van der Waals surface area (Å²) in [5, 5.41) is 4.34. The van der Waals surface area contributed by atoms with Gasteiger partial charge in [0.25, 0.3) is 0 Å². The monoisotopic (exact) mass is 269 g/mol. The number of hydrogen-bond acceptors (Lipinski definition) is 4. The van der Waals surface area contributed by atoms with Crippen LogP contribution in [0.4, 0.5) is 0 Å². The molecule has 0 spiro atoms. The van der Waals surface area contributed by atoms with Gasteiger partial charge in [0.1, 0.15) is 5.60 Å². The molecule has 2 aromatic rings. The predicted octanol–water partition coefficient (Wildman–Crippen LogP) is 1.36. The summed E-state index contributed by atoms with van der Waals surface area (Å²) in [5.41, 5.74) is 1.58. The highest BCUT2D eigenvalue weighted by Crippen LogP contribution is 2.28. The van der Waals surface area contributed by atoms with E-state index in [1.54, 1.807) is 18.6 Å². The first kappa shape index (κ1) is 12.9. The number of hydrogen-bond donors (Lipinski definition) is 0. The molecule has 6 heteroatoms. The predicted molar refractivity (Wildman–Crippen MR) is 76.3 cm³/mol. The lowest BCUT2D eigenvalue weighted by Gasteiger charge is -2.15. The number of nitrogens with zero attached hydrogens (tertiary/aromatic N) is 3. The van der Waals surface area contributed by atoms with Crippen molar-refractivity contribution >= 4 is 12.6 Å². The zero-order chi connectivity index (χ0) is 14.2. The van der Waals surface area contributed by atoms with Crippen LogP contribution in [0.15, 0.2) is 49.3 Å². The van der Waals surface area contributed by atoms with Gasteiger partial charge in [0.15, 0.2) is 0 Å². The summed E-state index contributed by atoms with van der Waals surface area (Å²) < 4.78 is 13.3. The molecule has 1 saturated heterocycles. The molecule has 0 atom stereocenters. The number of rotatable bonds is 3. The normalized spacial score (nSPS) is 17.3. The van der Waals surface area contributed by atoms with Crippen molar-refractivity contribution < 1.29 is 9.31 Å². The molecule has 0 aromatic carbocycles. The Morgan fingerprint density at radius 3 is 2.75 bits per heavy atom. The zero-order valence-corrected chi connectivity index (χ0v) is 11.6. The minimum absolute atomic E-state index is 0.427. The van der Waals surface area contributed by atoms with E-state index in [1.807, 2.05) is 36.9 Å². The van der Waals surface area contributed by atoms with Gasteiger partial charge in [-0.2, -0.15) is 5.10 Å². The van der Waals surface area contributed by atoms with E-state index in [2.05, 4.69) is 16.7 Å². The molecule has 3 rings (SSSR count). The summed E-state index contributed by atoms with van der Waals surface area (Å²) in [6.07, 6.45) is 7.24. The molecule has 0 amide bonds. The molecule has 0 radical (unpaired) electrons. The third-order valence-electron chi connectivity index (χ3n) is 3.34. The maximum absolute atomic E-state index is 5.83. The maximum Gasteiger partial charge on any atom is 0.566 e. The lowest BCUT2D eigenvalue weighted by Crippen LogP contribution is -2.33. The van der Waals surface area contributed by atoms with Gasteiger partial charge in [-0.15, -0.1) is 0 Å². The topological polar surface area (TPSA) is 49.2 Å². The van der Waals surface area contributed by atoms with E-state index < -0.39 is 12.7 Å². The van der Waals surface area contributed by atoms with Crippen LogP contribution in [0.25, 0.3) is 0 Å². The van der Waals surface area contributed by atoms with Crippen LogP contribution >= 0.6 is 0 Å². The summed E-state index contributed by atoms with van der Waals surface area (Å²) in [4.78, 5) is 4.00. The highest BCUT2D eigenvalue weighted by molar-refractivity contribution is 6.62. The van der Waals surface area contributed by atoms with Crippen LogP contribution in [0, 0.1) is 0 Å². The second kappa shape index (κ2) is 4.79. The largest absolute Gasteiger partial charge is 0.566 e. The Labute approximate surface area is 118 Å². The molecule has 5 nitrogen and oxygen atoms in total. The van der Waals surface area contributed by atoms with Crippen molar-refractivity contribution in [3.05, 3.63) is 54.8 Å². The Kier molecular flexibility index (Phi) is 3.10. The van der Waals surface area contributed by atoms with Gasteiger partial charge in [-0.3, -0.25) is 9.67 Å². The van der Waals surface area contributed by atoms with Crippen molar-refractivity contribution in [1.82, 2.24) is 14.8 Å². The fourth-order valence-corrected chi connectivity index (χ4v) is 2.03. The van der Waals surface area contributed by atoms with Gasteiger partial charge in [0.05, 0.1) is 18.5 Å². The third-order valence-corrected chi connectivity index (χ3v) is 3.34. The molecule has 0 saturated carbocycles. The van der Waals surface area contributed by atoms with Gasteiger partial charge in [-0.1, -0.05) is 6.58 Å². The second-order valence-corrected chi connectivity index (χ2v) is 5.33. The zero-order valence-electron chi connectivity index (χ0n) is 11.6. The number of aromatic nitrogens is 3. The summed E-state index contributed by atoms with van der Waals surface area (Å²) >= 11 is 0. The average Bonchev–Trinajstić information content (AvgIpc) is 2.97. The van der Waals surface area contributed by atoms with Gasteiger partial charge in [0, 0.05) is 24.1 Å². The van der Waals surface area contributed by atoms with Gasteiger partial charge < -0.3 is 9.31 Å². The molecule has 0 aliphatic carbocycles. The molecule has 3 heterocycles. The van der Waals surface area contributed by atoms with E-state index in [0.29, 0.717) is 12.3 Å². The summed E-state index contributed by atoms with van der Waals surface area (Å²) in [6.45, 7) is 8.45. The Morgan fingerprint density at radius 1 is 1.35 bits per heavy atom. The van der Waals surface area contributed by atoms with Gasteiger partial charge in [-0.25, -0.2) is 0 Å². The third kappa shape index (κ3) is 2.47. The Bertz CT molecular complexity index is 624.